The second-order valence-corrected chi connectivity index (χ2v) is 4.85. The van der Waals surface area contributed by atoms with E-state index in [9.17, 15) is 0 Å². The molecule has 0 aromatic rings. The number of piperidine rings is 1. The third kappa shape index (κ3) is 3.42. The third-order valence-corrected chi connectivity index (χ3v) is 3.84. The van der Waals surface area contributed by atoms with E-state index >= 15 is 0 Å². The Balaban J connectivity index is 1.67. The van der Waals surface area contributed by atoms with Crippen molar-refractivity contribution >= 4 is 0 Å². The summed E-state index contributed by atoms with van der Waals surface area (Å²) >= 11 is 0. The molecule has 4 heteroatoms. The van der Waals surface area contributed by atoms with Crippen molar-refractivity contribution in [1.82, 2.24) is 15.1 Å². The average Bonchev–Trinajstić information content (AvgIpc) is 2.38. The first kappa shape index (κ1) is 12.3. The van der Waals surface area contributed by atoms with E-state index in [1.807, 2.05) is 0 Å². The van der Waals surface area contributed by atoms with Crippen LogP contribution in [-0.2, 0) is 4.74 Å². The van der Waals surface area contributed by atoms with Gasteiger partial charge in [0, 0.05) is 45.9 Å². The minimum Gasteiger partial charge on any atom is -0.383 e. The van der Waals surface area contributed by atoms with Crippen molar-refractivity contribution in [3.8, 4) is 0 Å². The van der Waals surface area contributed by atoms with Gasteiger partial charge in [-0.1, -0.05) is 0 Å². The lowest BCUT2D eigenvalue weighted by Gasteiger charge is -2.40. The summed E-state index contributed by atoms with van der Waals surface area (Å²) in [6.07, 6.45) is 2.66. The van der Waals surface area contributed by atoms with Gasteiger partial charge in [-0.05, 0) is 25.9 Å². The summed E-state index contributed by atoms with van der Waals surface area (Å²) in [7, 11) is 1.78. The van der Waals surface area contributed by atoms with Crippen molar-refractivity contribution in [3.05, 3.63) is 0 Å². The molecule has 16 heavy (non-hydrogen) atoms. The Kier molecular flexibility index (Phi) is 5.03. The molecule has 0 aliphatic carbocycles. The smallest absolute Gasteiger partial charge is 0.0589 e. The molecule has 0 aromatic carbocycles. The number of piperazine rings is 1. The standard InChI is InChI=1S/C12H25N3O/c1-16-11-10-14-6-8-15(9-7-14)12-2-4-13-5-3-12/h12-13H,2-11H2,1H3. The van der Waals surface area contributed by atoms with Crippen LogP contribution in [0.4, 0.5) is 0 Å². The predicted molar refractivity (Wildman–Crippen MR) is 65.8 cm³/mol. The molecule has 2 aliphatic rings. The van der Waals surface area contributed by atoms with Gasteiger partial charge in [0.05, 0.1) is 6.61 Å². The summed E-state index contributed by atoms with van der Waals surface area (Å²) in [5, 5.41) is 3.44. The highest BCUT2D eigenvalue weighted by molar-refractivity contribution is 4.81. The maximum atomic E-state index is 5.12. The fraction of sp³-hybridized carbons (Fsp3) is 1.00. The molecule has 2 fully saturated rings. The molecule has 2 heterocycles. The highest BCUT2D eigenvalue weighted by atomic mass is 16.5. The first-order valence-electron chi connectivity index (χ1n) is 6.56. The number of hydrogen-bond acceptors (Lipinski definition) is 4. The highest BCUT2D eigenvalue weighted by Gasteiger charge is 2.24. The number of nitrogens with one attached hydrogen (secondary N) is 1. The zero-order valence-corrected chi connectivity index (χ0v) is 10.5. The Morgan fingerprint density at radius 2 is 1.81 bits per heavy atom. The molecule has 0 bridgehead atoms. The van der Waals surface area contributed by atoms with Crippen LogP contribution >= 0.6 is 0 Å². The minimum atomic E-state index is 0.839. The summed E-state index contributed by atoms with van der Waals surface area (Å²) in [4.78, 5) is 5.20. The molecule has 0 saturated carbocycles. The molecule has 2 aliphatic heterocycles. The van der Waals surface area contributed by atoms with Gasteiger partial charge in [-0.3, -0.25) is 9.80 Å². The second kappa shape index (κ2) is 6.55. The quantitative estimate of drug-likeness (QED) is 0.732. The topological polar surface area (TPSA) is 27.7 Å². The van der Waals surface area contributed by atoms with Crippen LogP contribution in [0, 0.1) is 0 Å². The lowest BCUT2D eigenvalue weighted by Crippen LogP contribution is -2.53. The molecule has 94 valence electrons. The highest BCUT2D eigenvalue weighted by Crippen LogP contribution is 2.14. The normalized spacial score (nSPS) is 26.1. The molecule has 1 N–H and O–H groups in total. The van der Waals surface area contributed by atoms with Crippen LogP contribution in [0.1, 0.15) is 12.8 Å². The van der Waals surface area contributed by atoms with E-state index in [0.717, 1.165) is 19.2 Å². The summed E-state index contributed by atoms with van der Waals surface area (Å²) in [5.41, 5.74) is 0. The van der Waals surface area contributed by atoms with Crippen LogP contribution in [0.3, 0.4) is 0 Å². The van der Waals surface area contributed by atoms with Crippen molar-refractivity contribution in [3.63, 3.8) is 0 Å². The number of ether oxygens (including phenoxy) is 1. The molecular weight excluding hydrogens is 202 g/mol. The van der Waals surface area contributed by atoms with E-state index < -0.39 is 0 Å². The van der Waals surface area contributed by atoms with Crippen LogP contribution in [0.25, 0.3) is 0 Å². The largest absolute Gasteiger partial charge is 0.383 e. The molecule has 2 saturated heterocycles. The SMILES string of the molecule is COCCN1CCN(C2CCNCC2)CC1. The maximum Gasteiger partial charge on any atom is 0.0589 e. The van der Waals surface area contributed by atoms with Gasteiger partial charge in [-0.25, -0.2) is 0 Å². The van der Waals surface area contributed by atoms with Crippen molar-refractivity contribution in [2.75, 3.05) is 59.5 Å². The Labute approximate surface area is 98.9 Å². The Hall–Kier alpha value is -0.160. The molecular formula is C12H25N3O. The van der Waals surface area contributed by atoms with Crippen LogP contribution in [0.2, 0.25) is 0 Å². The van der Waals surface area contributed by atoms with E-state index in [1.54, 1.807) is 7.11 Å². The molecule has 0 unspecified atom stereocenters. The van der Waals surface area contributed by atoms with E-state index in [4.69, 9.17) is 4.74 Å². The van der Waals surface area contributed by atoms with Crippen LogP contribution in [0.5, 0.6) is 0 Å². The van der Waals surface area contributed by atoms with E-state index in [-0.39, 0.29) is 0 Å². The van der Waals surface area contributed by atoms with E-state index in [1.165, 1.54) is 52.1 Å². The number of methoxy groups -OCH3 is 1. The van der Waals surface area contributed by atoms with Crippen LogP contribution < -0.4 is 5.32 Å². The Morgan fingerprint density at radius 3 is 2.44 bits per heavy atom. The fourth-order valence-electron chi connectivity index (χ4n) is 2.74. The molecule has 0 aromatic heterocycles. The predicted octanol–water partition coefficient (Wildman–Crippen LogP) is 0.00240. The maximum absolute atomic E-state index is 5.12. The minimum absolute atomic E-state index is 0.839. The number of hydrogen-bond donors (Lipinski definition) is 1. The Bertz CT molecular complexity index is 187. The number of rotatable bonds is 4. The van der Waals surface area contributed by atoms with Crippen molar-refractivity contribution < 1.29 is 4.74 Å². The average molecular weight is 227 g/mol. The van der Waals surface area contributed by atoms with Crippen molar-refractivity contribution in [1.29, 1.82) is 0 Å². The summed E-state index contributed by atoms with van der Waals surface area (Å²) in [6.45, 7) is 9.29. The van der Waals surface area contributed by atoms with Gasteiger partial charge in [0.25, 0.3) is 0 Å². The van der Waals surface area contributed by atoms with E-state index in [0.29, 0.717) is 0 Å². The Morgan fingerprint density at radius 1 is 1.12 bits per heavy atom. The van der Waals surface area contributed by atoms with Gasteiger partial charge in [-0.2, -0.15) is 0 Å². The van der Waals surface area contributed by atoms with E-state index in [2.05, 4.69) is 15.1 Å². The lowest BCUT2D eigenvalue weighted by molar-refractivity contribution is 0.0652. The van der Waals surface area contributed by atoms with Gasteiger partial charge in [0.15, 0.2) is 0 Å². The lowest BCUT2D eigenvalue weighted by atomic mass is 10.0. The molecule has 4 nitrogen and oxygen atoms in total. The number of nitrogens with zero attached hydrogens (tertiary/aromatic N) is 2. The molecule has 2 rings (SSSR count). The first-order chi connectivity index (χ1) is 7.90. The summed E-state index contributed by atoms with van der Waals surface area (Å²) in [6, 6.07) is 0.839. The monoisotopic (exact) mass is 227 g/mol. The molecule has 0 atom stereocenters. The van der Waals surface area contributed by atoms with Crippen molar-refractivity contribution in [2.24, 2.45) is 0 Å². The van der Waals surface area contributed by atoms with Gasteiger partial charge >= 0.3 is 0 Å². The first-order valence-corrected chi connectivity index (χ1v) is 6.56. The third-order valence-electron chi connectivity index (χ3n) is 3.84. The summed E-state index contributed by atoms with van der Waals surface area (Å²) in [5.74, 6) is 0. The molecule has 0 amide bonds. The molecule has 0 spiro atoms. The van der Waals surface area contributed by atoms with Gasteiger partial charge in [-0.15, -0.1) is 0 Å². The fourth-order valence-corrected chi connectivity index (χ4v) is 2.74. The van der Waals surface area contributed by atoms with Gasteiger partial charge in [0.1, 0.15) is 0 Å². The van der Waals surface area contributed by atoms with Crippen LogP contribution in [-0.4, -0.2) is 75.4 Å². The zero-order valence-electron chi connectivity index (χ0n) is 10.5. The van der Waals surface area contributed by atoms with Gasteiger partial charge < -0.3 is 10.1 Å². The van der Waals surface area contributed by atoms with Crippen molar-refractivity contribution in [2.45, 2.75) is 18.9 Å². The van der Waals surface area contributed by atoms with Gasteiger partial charge in [0.2, 0.25) is 0 Å². The zero-order chi connectivity index (χ0) is 11.2. The summed E-state index contributed by atoms with van der Waals surface area (Å²) < 4.78 is 5.12. The van der Waals surface area contributed by atoms with Crippen LogP contribution in [0.15, 0.2) is 0 Å². The second-order valence-electron chi connectivity index (χ2n) is 4.85. The molecule has 0 radical (unpaired) electrons.